The van der Waals surface area contributed by atoms with Crippen LogP contribution in [0.1, 0.15) is 29.9 Å². The van der Waals surface area contributed by atoms with E-state index in [1.54, 1.807) is 6.07 Å². The fraction of sp³-hybridized carbons (Fsp3) is 0.500. The number of aromatic nitrogens is 1. The van der Waals surface area contributed by atoms with Gasteiger partial charge in [-0.2, -0.15) is 0 Å². The Hall–Kier alpha value is -2.15. The number of ether oxygens (including phenoxy) is 1. The van der Waals surface area contributed by atoms with Crippen molar-refractivity contribution in [1.82, 2.24) is 10.3 Å². The number of carbonyl (C=O) groups is 2. The summed E-state index contributed by atoms with van der Waals surface area (Å²) in [7, 11) is 0. The Morgan fingerprint density at radius 2 is 2.10 bits per heavy atom. The van der Waals surface area contributed by atoms with Crippen LogP contribution in [0.15, 0.2) is 16.9 Å². The molecular weight excluding hydrogens is 276 g/mol. The van der Waals surface area contributed by atoms with Crippen LogP contribution in [-0.4, -0.2) is 41.7 Å². The summed E-state index contributed by atoms with van der Waals surface area (Å²) in [4.78, 5) is 36.3. The fourth-order valence-electron chi connectivity index (χ4n) is 1.78. The molecule has 7 heteroatoms. The molecule has 0 atom stereocenters. The summed E-state index contributed by atoms with van der Waals surface area (Å²) in [6.45, 7) is 3.91. The Labute approximate surface area is 122 Å². The maximum Gasteiger partial charge on any atom is 0.329 e. The number of hydrogen-bond acceptors (Lipinski definition) is 4. The van der Waals surface area contributed by atoms with Crippen LogP contribution in [0.5, 0.6) is 0 Å². The van der Waals surface area contributed by atoms with E-state index < -0.39 is 12.6 Å². The Balaban J connectivity index is 2.55. The van der Waals surface area contributed by atoms with Gasteiger partial charge in [0.2, 0.25) is 5.56 Å². The molecule has 116 valence electrons. The molecule has 1 aromatic heterocycles. The van der Waals surface area contributed by atoms with Crippen molar-refractivity contribution in [2.45, 2.75) is 20.3 Å². The van der Waals surface area contributed by atoms with Gasteiger partial charge >= 0.3 is 5.97 Å². The molecule has 0 aliphatic rings. The molecule has 3 N–H and O–H groups in total. The highest BCUT2D eigenvalue weighted by atomic mass is 16.5. The molecule has 0 aliphatic carbocycles. The molecular formula is C14H20N2O5. The van der Waals surface area contributed by atoms with Gasteiger partial charge < -0.3 is 20.1 Å². The third kappa shape index (κ3) is 6.71. The van der Waals surface area contributed by atoms with Gasteiger partial charge in [0.1, 0.15) is 6.61 Å². The lowest BCUT2D eigenvalue weighted by atomic mass is 10.1. The summed E-state index contributed by atoms with van der Waals surface area (Å²) in [6, 6.07) is 2.88. The van der Waals surface area contributed by atoms with E-state index in [1.807, 2.05) is 13.8 Å². The van der Waals surface area contributed by atoms with Crippen LogP contribution in [0.2, 0.25) is 0 Å². The number of nitrogens with one attached hydrogen (secondary N) is 2. The second-order valence-electron chi connectivity index (χ2n) is 5.06. The molecule has 7 nitrogen and oxygen atoms in total. The average Bonchev–Trinajstić information content (AvgIpc) is 2.36. The van der Waals surface area contributed by atoms with Crippen LogP contribution < -0.4 is 10.9 Å². The van der Waals surface area contributed by atoms with E-state index in [-0.39, 0.29) is 30.2 Å². The lowest BCUT2D eigenvalue weighted by molar-refractivity contribution is -0.142. The van der Waals surface area contributed by atoms with Gasteiger partial charge in [-0.05, 0) is 18.4 Å². The Bertz CT molecular complexity index is 551. The second-order valence-corrected chi connectivity index (χ2v) is 5.06. The lowest BCUT2D eigenvalue weighted by Gasteiger charge is -2.08. The number of pyridine rings is 1. The summed E-state index contributed by atoms with van der Waals surface area (Å²) in [5.41, 5.74) is 0.679. The first-order chi connectivity index (χ1) is 9.88. The normalized spacial score (nSPS) is 10.6. The maximum atomic E-state index is 11.9. The molecule has 0 fully saturated rings. The Morgan fingerprint density at radius 3 is 2.71 bits per heavy atom. The van der Waals surface area contributed by atoms with E-state index in [1.165, 1.54) is 6.07 Å². The number of rotatable bonds is 8. The van der Waals surface area contributed by atoms with Crippen molar-refractivity contribution in [2.75, 3.05) is 19.8 Å². The fourth-order valence-corrected chi connectivity index (χ4v) is 1.78. The van der Waals surface area contributed by atoms with Crippen molar-refractivity contribution in [3.8, 4) is 0 Å². The van der Waals surface area contributed by atoms with Crippen LogP contribution in [-0.2, 0) is 16.0 Å². The minimum atomic E-state index is -1.06. The van der Waals surface area contributed by atoms with Gasteiger partial charge in [0, 0.05) is 23.9 Å². The zero-order valence-electron chi connectivity index (χ0n) is 12.1. The number of amides is 1. The summed E-state index contributed by atoms with van der Waals surface area (Å²) < 4.78 is 4.80. The van der Waals surface area contributed by atoms with Gasteiger partial charge in [0.05, 0.1) is 6.61 Å². The van der Waals surface area contributed by atoms with Crippen molar-refractivity contribution >= 4 is 11.9 Å². The van der Waals surface area contributed by atoms with Crippen LogP contribution in [0.25, 0.3) is 0 Å². The molecule has 1 rings (SSSR count). The highest BCUT2D eigenvalue weighted by molar-refractivity contribution is 5.94. The first-order valence-corrected chi connectivity index (χ1v) is 6.69. The van der Waals surface area contributed by atoms with E-state index in [0.29, 0.717) is 18.0 Å². The molecule has 21 heavy (non-hydrogen) atoms. The molecule has 0 unspecified atom stereocenters. The van der Waals surface area contributed by atoms with Crippen molar-refractivity contribution in [3.63, 3.8) is 0 Å². The van der Waals surface area contributed by atoms with Gasteiger partial charge in [-0.1, -0.05) is 13.8 Å². The van der Waals surface area contributed by atoms with E-state index in [0.717, 1.165) is 0 Å². The predicted octanol–water partition coefficient (Wildman–Crippen LogP) is 0.404. The van der Waals surface area contributed by atoms with Gasteiger partial charge in [-0.25, -0.2) is 4.79 Å². The molecule has 0 saturated heterocycles. The van der Waals surface area contributed by atoms with Crippen LogP contribution in [0.4, 0.5) is 0 Å². The lowest BCUT2D eigenvalue weighted by Crippen LogP contribution is -2.29. The standard InChI is InChI=1S/C14H20N2O5/c1-9(2)5-11-6-10(7-12(17)16-11)14(20)15-3-4-21-8-13(18)19/h6-7,9H,3-5,8H2,1-2H3,(H,15,20)(H,16,17)(H,18,19). The van der Waals surface area contributed by atoms with Crippen LogP contribution in [0, 0.1) is 5.92 Å². The monoisotopic (exact) mass is 296 g/mol. The zero-order valence-corrected chi connectivity index (χ0v) is 12.1. The maximum absolute atomic E-state index is 11.9. The third-order valence-corrected chi connectivity index (χ3v) is 2.55. The van der Waals surface area contributed by atoms with E-state index in [2.05, 4.69) is 10.3 Å². The summed E-state index contributed by atoms with van der Waals surface area (Å²) in [5.74, 6) is -1.08. The van der Waals surface area contributed by atoms with Crippen LogP contribution >= 0.6 is 0 Å². The summed E-state index contributed by atoms with van der Waals surface area (Å²) >= 11 is 0. The number of aliphatic carboxylic acids is 1. The minimum Gasteiger partial charge on any atom is -0.480 e. The van der Waals surface area contributed by atoms with Gasteiger partial charge in [0.25, 0.3) is 5.91 Å². The Kier molecular flexibility index (Phi) is 6.61. The molecule has 0 aliphatic heterocycles. The molecule has 0 radical (unpaired) electrons. The van der Waals surface area contributed by atoms with E-state index in [4.69, 9.17) is 9.84 Å². The van der Waals surface area contributed by atoms with Crippen molar-refractivity contribution in [2.24, 2.45) is 5.92 Å². The number of carboxylic acids is 1. The molecule has 1 amide bonds. The minimum absolute atomic E-state index is 0.0973. The topological polar surface area (TPSA) is 108 Å². The molecule has 1 heterocycles. The highest BCUT2D eigenvalue weighted by Gasteiger charge is 2.09. The van der Waals surface area contributed by atoms with Crippen LogP contribution in [0.3, 0.4) is 0 Å². The quantitative estimate of drug-likeness (QED) is 0.602. The highest BCUT2D eigenvalue weighted by Crippen LogP contribution is 2.05. The Morgan fingerprint density at radius 1 is 1.38 bits per heavy atom. The number of hydrogen-bond donors (Lipinski definition) is 3. The number of carbonyl (C=O) groups excluding carboxylic acids is 1. The van der Waals surface area contributed by atoms with Gasteiger partial charge in [-0.15, -0.1) is 0 Å². The molecule has 0 bridgehead atoms. The first-order valence-electron chi connectivity index (χ1n) is 6.69. The largest absolute Gasteiger partial charge is 0.480 e. The second kappa shape index (κ2) is 8.21. The molecule has 0 aromatic carbocycles. The van der Waals surface area contributed by atoms with Crippen molar-refractivity contribution in [1.29, 1.82) is 0 Å². The predicted molar refractivity (Wildman–Crippen MR) is 76.4 cm³/mol. The number of aromatic amines is 1. The first kappa shape index (κ1) is 16.9. The number of carboxylic acid groups (broad SMARTS) is 1. The van der Waals surface area contributed by atoms with Gasteiger partial charge in [-0.3, -0.25) is 9.59 Å². The van der Waals surface area contributed by atoms with E-state index >= 15 is 0 Å². The van der Waals surface area contributed by atoms with Crippen molar-refractivity contribution < 1.29 is 19.4 Å². The molecule has 1 aromatic rings. The average molecular weight is 296 g/mol. The third-order valence-electron chi connectivity index (χ3n) is 2.55. The number of H-pyrrole nitrogens is 1. The molecule has 0 saturated carbocycles. The summed E-state index contributed by atoms with van der Waals surface area (Å²) in [6.07, 6.45) is 0.679. The smallest absolute Gasteiger partial charge is 0.329 e. The summed E-state index contributed by atoms with van der Waals surface area (Å²) in [5, 5.41) is 11.0. The van der Waals surface area contributed by atoms with Crippen molar-refractivity contribution in [3.05, 3.63) is 33.7 Å². The SMILES string of the molecule is CC(C)Cc1cc(C(=O)NCCOCC(=O)O)cc(=O)[nH]1. The zero-order chi connectivity index (χ0) is 15.8. The van der Waals surface area contributed by atoms with Gasteiger partial charge in [0.15, 0.2) is 0 Å². The molecule has 0 spiro atoms. The van der Waals surface area contributed by atoms with E-state index in [9.17, 15) is 14.4 Å².